The van der Waals surface area contributed by atoms with Crippen LogP contribution in [-0.4, -0.2) is 47.9 Å². The predicted octanol–water partition coefficient (Wildman–Crippen LogP) is 1.50. The van der Waals surface area contributed by atoms with Crippen LogP contribution in [0.4, 0.5) is 4.79 Å². The average molecular weight is 291 g/mol. The number of carbonyl (C=O) groups excluding carboxylic acids is 1. The molecule has 0 aromatic heterocycles. The van der Waals surface area contributed by atoms with Gasteiger partial charge in [0.25, 0.3) is 0 Å². The molecule has 2 aliphatic rings. The summed E-state index contributed by atoms with van der Waals surface area (Å²) in [6.07, 6.45) is -0.141. The topological polar surface area (TPSA) is 76.1 Å². The fourth-order valence-electron chi connectivity index (χ4n) is 2.87. The lowest BCUT2D eigenvalue weighted by molar-refractivity contribution is -0.142. The van der Waals surface area contributed by atoms with Crippen molar-refractivity contribution in [1.82, 2.24) is 4.90 Å². The van der Waals surface area contributed by atoms with Crippen molar-refractivity contribution < 1.29 is 24.2 Å². The zero-order chi connectivity index (χ0) is 14.9. The molecule has 1 aromatic carbocycles. The molecule has 0 saturated carbocycles. The number of ether oxygens (including phenoxy) is 2. The molecule has 1 spiro atoms. The van der Waals surface area contributed by atoms with E-state index in [0.717, 1.165) is 5.56 Å². The lowest BCUT2D eigenvalue weighted by Crippen LogP contribution is -2.45. The molecule has 3 rings (SSSR count). The van der Waals surface area contributed by atoms with E-state index < -0.39 is 18.1 Å². The minimum Gasteiger partial charge on any atom is -0.480 e. The Bertz CT molecular complexity index is 540. The summed E-state index contributed by atoms with van der Waals surface area (Å²) in [5.41, 5.74) is 0.674. The van der Waals surface area contributed by atoms with Crippen molar-refractivity contribution in [3.63, 3.8) is 0 Å². The molecular weight excluding hydrogens is 274 g/mol. The van der Waals surface area contributed by atoms with Crippen LogP contribution >= 0.6 is 0 Å². The molecule has 2 heterocycles. The highest BCUT2D eigenvalue weighted by Crippen LogP contribution is 2.41. The molecule has 1 N–H and O–H groups in total. The number of hydrogen-bond acceptors (Lipinski definition) is 4. The first kappa shape index (κ1) is 13.9. The van der Waals surface area contributed by atoms with Gasteiger partial charge in [0.1, 0.15) is 12.6 Å². The van der Waals surface area contributed by atoms with Crippen molar-refractivity contribution in [1.29, 1.82) is 0 Å². The van der Waals surface area contributed by atoms with E-state index in [1.54, 1.807) is 0 Å². The van der Waals surface area contributed by atoms with Gasteiger partial charge in [-0.15, -0.1) is 0 Å². The van der Waals surface area contributed by atoms with Crippen molar-refractivity contribution in [2.75, 3.05) is 19.8 Å². The van der Waals surface area contributed by atoms with Crippen molar-refractivity contribution >= 4 is 12.1 Å². The summed E-state index contributed by atoms with van der Waals surface area (Å²) in [6.45, 7) is 1.56. The minimum atomic E-state index is -0.990. The lowest BCUT2D eigenvalue weighted by Gasteiger charge is -2.37. The van der Waals surface area contributed by atoms with Crippen molar-refractivity contribution in [2.45, 2.75) is 19.1 Å². The molecule has 0 bridgehead atoms. The second kappa shape index (κ2) is 5.37. The Morgan fingerprint density at radius 2 is 2.05 bits per heavy atom. The third kappa shape index (κ3) is 2.71. The highest BCUT2D eigenvalue weighted by atomic mass is 16.6. The maximum atomic E-state index is 12.2. The van der Waals surface area contributed by atoms with E-state index in [0.29, 0.717) is 26.2 Å². The number of amides is 1. The number of likely N-dealkylation sites (tertiary alicyclic amines) is 1. The van der Waals surface area contributed by atoms with Crippen LogP contribution in [0.5, 0.6) is 0 Å². The fourth-order valence-corrected chi connectivity index (χ4v) is 2.87. The summed E-state index contributed by atoms with van der Waals surface area (Å²) in [6, 6.07) is 8.49. The highest BCUT2D eigenvalue weighted by Gasteiger charge is 2.53. The number of nitrogens with zero attached hydrogens (tertiary/aromatic N) is 1. The van der Waals surface area contributed by atoms with Gasteiger partial charge in [0.15, 0.2) is 0 Å². The Labute approximate surface area is 122 Å². The summed E-state index contributed by atoms with van der Waals surface area (Å²) in [4.78, 5) is 24.8. The first-order valence-electron chi connectivity index (χ1n) is 6.88. The summed E-state index contributed by atoms with van der Waals surface area (Å²) in [7, 11) is 0. The number of carboxylic acids is 1. The average Bonchev–Trinajstić information content (AvgIpc) is 2.87. The Morgan fingerprint density at radius 3 is 2.62 bits per heavy atom. The van der Waals surface area contributed by atoms with Crippen LogP contribution in [0.25, 0.3) is 0 Å². The number of carboxylic acid groups (broad SMARTS) is 1. The summed E-state index contributed by atoms with van der Waals surface area (Å²) >= 11 is 0. The molecule has 112 valence electrons. The van der Waals surface area contributed by atoms with Crippen molar-refractivity contribution in [3.8, 4) is 0 Å². The minimum absolute atomic E-state index is 0.145. The molecule has 2 fully saturated rings. The molecule has 1 atom stereocenters. The van der Waals surface area contributed by atoms with Gasteiger partial charge in [0.05, 0.1) is 13.2 Å². The normalized spacial score (nSPS) is 22.9. The van der Waals surface area contributed by atoms with Crippen LogP contribution in [0.3, 0.4) is 0 Å². The van der Waals surface area contributed by atoms with E-state index in [1.807, 2.05) is 30.3 Å². The second-order valence-corrected chi connectivity index (χ2v) is 5.72. The smallest absolute Gasteiger partial charge is 0.410 e. The van der Waals surface area contributed by atoms with Gasteiger partial charge in [0, 0.05) is 12.0 Å². The van der Waals surface area contributed by atoms with Crippen molar-refractivity contribution in [2.24, 2.45) is 5.41 Å². The maximum absolute atomic E-state index is 12.2. The van der Waals surface area contributed by atoms with Gasteiger partial charge in [-0.25, -0.2) is 9.59 Å². The Morgan fingerprint density at radius 1 is 1.33 bits per heavy atom. The van der Waals surface area contributed by atoms with E-state index >= 15 is 0 Å². The van der Waals surface area contributed by atoms with Crippen LogP contribution in [0.2, 0.25) is 0 Å². The molecule has 6 nitrogen and oxygen atoms in total. The largest absolute Gasteiger partial charge is 0.480 e. The number of benzene rings is 1. The summed E-state index contributed by atoms with van der Waals surface area (Å²) in [5.74, 6) is -0.990. The molecule has 0 aliphatic carbocycles. The van der Waals surface area contributed by atoms with E-state index in [4.69, 9.17) is 9.47 Å². The standard InChI is InChI=1S/C15H17NO5/c17-13(18)12-6-15(9-20-10-15)8-16(12)14(19)21-7-11-4-2-1-3-5-11/h1-5,12H,6-10H2,(H,17,18)/t12-/m0/s1. The lowest BCUT2D eigenvalue weighted by atomic mass is 9.84. The van der Waals surface area contributed by atoms with Gasteiger partial charge in [-0.1, -0.05) is 30.3 Å². The Hall–Kier alpha value is -2.08. The van der Waals surface area contributed by atoms with Crippen LogP contribution < -0.4 is 0 Å². The fraction of sp³-hybridized carbons (Fsp3) is 0.467. The summed E-state index contributed by atoms with van der Waals surface area (Å²) in [5, 5.41) is 9.28. The Balaban J connectivity index is 1.64. The third-order valence-electron chi connectivity index (χ3n) is 4.05. The van der Waals surface area contributed by atoms with Gasteiger partial charge < -0.3 is 14.6 Å². The Kier molecular flexibility index (Phi) is 3.55. The number of carbonyl (C=O) groups is 2. The van der Waals surface area contributed by atoms with Crippen LogP contribution in [0.1, 0.15) is 12.0 Å². The maximum Gasteiger partial charge on any atom is 0.410 e. The van der Waals surface area contributed by atoms with Gasteiger partial charge in [0.2, 0.25) is 0 Å². The SMILES string of the molecule is O=C(O)[C@@H]1CC2(COC2)CN1C(=O)OCc1ccccc1. The molecule has 2 aliphatic heterocycles. The molecular formula is C15H17NO5. The first-order valence-corrected chi connectivity index (χ1v) is 6.88. The zero-order valence-electron chi connectivity index (χ0n) is 11.5. The number of aliphatic carboxylic acids is 1. The first-order chi connectivity index (χ1) is 10.1. The van der Waals surface area contributed by atoms with Crippen molar-refractivity contribution in [3.05, 3.63) is 35.9 Å². The van der Waals surface area contributed by atoms with Gasteiger partial charge in [-0.05, 0) is 12.0 Å². The monoisotopic (exact) mass is 291 g/mol. The second-order valence-electron chi connectivity index (χ2n) is 5.72. The van der Waals surface area contributed by atoms with Gasteiger partial charge in [-0.3, -0.25) is 4.90 Å². The number of hydrogen-bond donors (Lipinski definition) is 1. The summed E-state index contributed by atoms with van der Waals surface area (Å²) < 4.78 is 10.4. The molecule has 0 radical (unpaired) electrons. The third-order valence-corrected chi connectivity index (χ3v) is 4.05. The molecule has 2 saturated heterocycles. The van der Waals surface area contributed by atoms with Crippen LogP contribution in [-0.2, 0) is 20.9 Å². The molecule has 1 amide bonds. The van der Waals surface area contributed by atoms with E-state index in [2.05, 4.69) is 0 Å². The van der Waals surface area contributed by atoms with Gasteiger partial charge in [-0.2, -0.15) is 0 Å². The quantitative estimate of drug-likeness (QED) is 0.913. The van der Waals surface area contributed by atoms with E-state index in [9.17, 15) is 14.7 Å². The highest BCUT2D eigenvalue weighted by molar-refractivity contribution is 5.81. The van der Waals surface area contributed by atoms with Crippen LogP contribution in [0.15, 0.2) is 30.3 Å². The van der Waals surface area contributed by atoms with Gasteiger partial charge >= 0.3 is 12.1 Å². The van der Waals surface area contributed by atoms with E-state index in [1.165, 1.54) is 4.90 Å². The zero-order valence-corrected chi connectivity index (χ0v) is 11.5. The molecule has 1 aromatic rings. The molecule has 6 heteroatoms. The van der Waals surface area contributed by atoms with E-state index in [-0.39, 0.29) is 12.0 Å². The predicted molar refractivity (Wildman–Crippen MR) is 72.6 cm³/mol. The van der Waals surface area contributed by atoms with Crippen LogP contribution in [0, 0.1) is 5.41 Å². The molecule has 21 heavy (non-hydrogen) atoms. The molecule has 0 unspecified atom stereocenters. The number of rotatable bonds is 3.